The van der Waals surface area contributed by atoms with E-state index in [1.54, 1.807) is 18.2 Å². The molecule has 42 heavy (non-hydrogen) atoms. The van der Waals surface area contributed by atoms with Crippen molar-refractivity contribution in [2.75, 3.05) is 18.4 Å². The van der Waals surface area contributed by atoms with E-state index in [0.717, 1.165) is 0 Å². The second-order valence-corrected chi connectivity index (χ2v) is 10.7. The Bertz CT molecular complexity index is 1820. The Labute approximate surface area is 243 Å². The normalized spacial score (nSPS) is 18.7. The molecule has 2 atom stereocenters. The van der Waals surface area contributed by atoms with Gasteiger partial charge in [-0.1, -0.05) is 11.6 Å². The standard InChI is InChI=1S/C29H24ClFN6O5/c30-19-4-5-20-24(25(19)31)29(42-28(41)35-20)8-1-11-36(15-29)27(40)22(13-18-14-33-9-10-34-18)37-21-6-2-17(26(32)39)12-16(21)3-7-23(37)38/h2-7,9-10,12,14,22H,1,8,11,13,15H2,(H2,32,39)(H,35,41)/t22-,29-/m0/s1. The third-order valence-electron chi connectivity index (χ3n) is 7.67. The number of carbonyl (C=O) groups excluding carboxylic acids is 3. The molecule has 13 heteroatoms. The number of amides is 3. The Kier molecular flexibility index (Phi) is 6.85. The monoisotopic (exact) mass is 590 g/mol. The van der Waals surface area contributed by atoms with Gasteiger partial charge in [0.2, 0.25) is 11.8 Å². The van der Waals surface area contributed by atoms with Crippen LogP contribution in [0.3, 0.4) is 0 Å². The number of pyridine rings is 1. The number of hydrogen-bond donors (Lipinski definition) is 2. The van der Waals surface area contributed by atoms with Gasteiger partial charge in [0.15, 0.2) is 11.4 Å². The minimum absolute atomic E-state index is 0.00484. The second kappa shape index (κ2) is 10.5. The number of rotatable bonds is 5. The summed E-state index contributed by atoms with van der Waals surface area (Å²) in [5, 5.41) is 2.89. The van der Waals surface area contributed by atoms with Gasteiger partial charge >= 0.3 is 6.09 Å². The molecule has 1 fully saturated rings. The van der Waals surface area contributed by atoms with Crippen LogP contribution in [0.5, 0.6) is 0 Å². The average molecular weight is 591 g/mol. The Hall–Kier alpha value is -4.84. The van der Waals surface area contributed by atoms with Crippen molar-refractivity contribution in [2.24, 2.45) is 5.73 Å². The first-order valence-electron chi connectivity index (χ1n) is 13.1. The summed E-state index contributed by atoms with van der Waals surface area (Å²) in [5.41, 5.74) is 4.89. The molecule has 0 unspecified atom stereocenters. The summed E-state index contributed by atoms with van der Waals surface area (Å²) in [4.78, 5) is 62.0. The molecule has 0 bridgehead atoms. The molecule has 2 aromatic carbocycles. The highest BCUT2D eigenvalue weighted by atomic mass is 35.5. The van der Waals surface area contributed by atoms with Gasteiger partial charge in [-0.15, -0.1) is 0 Å². The summed E-state index contributed by atoms with van der Waals surface area (Å²) in [6.07, 6.45) is 4.35. The summed E-state index contributed by atoms with van der Waals surface area (Å²) >= 11 is 6.10. The topological polar surface area (TPSA) is 150 Å². The number of piperidine rings is 1. The van der Waals surface area contributed by atoms with Crippen molar-refractivity contribution in [2.45, 2.75) is 30.9 Å². The van der Waals surface area contributed by atoms with Crippen molar-refractivity contribution in [3.05, 3.63) is 99.1 Å². The lowest BCUT2D eigenvalue weighted by Crippen LogP contribution is -2.55. The highest BCUT2D eigenvalue weighted by Gasteiger charge is 2.49. The Morgan fingerprint density at radius 1 is 1.17 bits per heavy atom. The van der Waals surface area contributed by atoms with E-state index < -0.39 is 40.9 Å². The first-order valence-corrected chi connectivity index (χ1v) is 13.5. The maximum absolute atomic E-state index is 15.4. The third kappa shape index (κ3) is 4.73. The molecule has 0 radical (unpaired) electrons. The molecule has 2 aliphatic rings. The molecular formula is C29H24ClFN6O5. The number of nitrogens with two attached hydrogens (primary N) is 1. The fourth-order valence-electron chi connectivity index (χ4n) is 5.84. The Morgan fingerprint density at radius 2 is 2.00 bits per heavy atom. The minimum Gasteiger partial charge on any atom is -0.436 e. The summed E-state index contributed by atoms with van der Waals surface area (Å²) < 4.78 is 22.5. The van der Waals surface area contributed by atoms with Crippen LogP contribution in [-0.2, 0) is 21.6 Å². The molecular weight excluding hydrogens is 567 g/mol. The molecule has 2 aliphatic heterocycles. The van der Waals surface area contributed by atoms with Gasteiger partial charge in [-0.2, -0.15) is 0 Å². The third-order valence-corrected chi connectivity index (χ3v) is 7.96. The molecule has 6 rings (SSSR count). The lowest BCUT2D eigenvalue weighted by molar-refractivity contribution is -0.142. The molecule has 214 valence electrons. The van der Waals surface area contributed by atoms with Crippen molar-refractivity contribution in [3.63, 3.8) is 0 Å². The number of anilines is 1. The lowest BCUT2D eigenvalue weighted by atomic mass is 9.82. The van der Waals surface area contributed by atoms with Crippen LogP contribution in [0.1, 0.15) is 40.5 Å². The van der Waals surface area contributed by atoms with Crippen LogP contribution in [-0.4, -0.2) is 50.4 Å². The molecule has 1 saturated heterocycles. The van der Waals surface area contributed by atoms with Gasteiger partial charge in [0.25, 0.3) is 5.56 Å². The molecule has 11 nitrogen and oxygen atoms in total. The van der Waals surface area contributed by atoms with Crippen molar-refractivity contribution < 1.29 is 23.5 Å². The van der Waals surface area contributed by atoms with E-state index in [1.165, 1.54) is 52.3 Å². The number of nitrogens with zero attached hydrogens (tertiary/aromatic N) is 4. The van der Waals surface area contributed by atoms with E-state index in [2.05, 4.69) is 15.3 Å². The smallest absolute Gasteiger partial charge is 0.412 e. The van der Waals surface area contributed by atoms with Gasteiger partial charge < -0.3 is 15.4 Å². The maximum Gasteiger partial charge on any atom is 0.412 e. The van der Waals surface area contributed by atoms with Crippen molar-refractivity contribution in [1.29, 1.82) is 0 Å². The predicted octanol–water partition coefficient (Wildman–Crippen LogP) is 3.55. The van der Waals surface area contributed by atoms with Crippen molar-refractivity contribution in [1.82, 2.24) is 19.4 Å². The number of primary amides is 1. The number of nitrogens with one attached hydrogen (secondary N) is 1. The lowest BCUT2D eigenvalue weighted by Gasteiger charge is -2.45. The zero-order chi connectivity index (χ0) is 29.6. The summed E-state index contributed by atoms with van der Waals surface area (Å²) in [5.74, 6) is -1.84. The number of ether oxygens (including phenoxy) is 1. The van der Waals surface area contributed by atoms with Gasteiger partial charge in [-0.25, -0.2) is 9.18 Å². The summed E-state index contributed by atoms with van der Waals surface area (Å²) in [6, 6.07) is 9.19. The highest BCUT2D eigenvalue weighted by Crippen LogP contribution is 2.45. The number of carbonyl (C=O) groups is 3. The van der Waals surface area contributed by atoms with E-state index in [9.17, 15) is 19.2 Å². The predicted molar refractivity (Wildman–Crippen MR) is 151 cm³/mol. The molecule has 4 heterocycles. The number of aromatic nitrogens is 3. The first-order chi connectivity index (χ1) is 20.2. The molecule has 1 spiro atoms. The van der Waals surface area contributed by atoms with Crippen LogP contribution in [0.25, 0.3) is 10.9 Å². The number of hydrogen-bond acceptors (Lipinski definition) is 7. The average Bonchev–Trinajstić information content (AvgIpc) is 2.98. The van der Waals surface area contributed by atoms with Crippen LogP contribution in [0.15, 0.2) is 65.8 Å². The van der Waals surface area contributed by atoms with Crippen LogP contribution >= 0.6 is 11.6 Å². The van der Waals surface area contributed by atoms with E-state index in [-0.39, 0.29) is 47.8 Å². The fourth-order valence-corrected chi connectivity index (χ4v) is 5.99. The SMILES string of the molecule is NC(=O)c1ccc2c(ccc(=O)n2[C@@H](Cc2cnccn2)C(=O)N2CCC[C@@]3(C2)OC(=O)Nc2ccc(Cl)c(F)c23)c1. The van der Waals surface area contributed by atoms with Crippen LogP contribution in [0.4, 0.5) is 14.9 Å². The van der Waals surface area contributed by atoms with Crippen LogP contribution in [0.2, 0.25) is 5.02 Å². The Balaban J connectivity index is 1.45. The maximum atomic E-state index is 15.4. The van der Waals surface area contributed by atoms with E-state index in [1.807, 2.05) is 0 Å². The molecule has 4 aromatic rings. The minimum atomic E-state index is -1.49. The fraction of sp³-hybridized carbons (Fsp3) is 0.241. The quantitative estimate of drug-likeness (QED) is 0.361. The van der Waals surface area contributed by atoms with Gasteiger partial charge in [-0.3, -0.25) is 34.2 Å². The van der Waals surface area contributed by atoms with E-state index in [0.29, 0.717) is 23.0 Å². The first kappa shape index (κ1) is 27.3. The van der Waals surface area contributed by atoms with E-state index in [4.69, 9.17) is 22.1 Å². The Morgan fingerprint density at radius 3 is 2.76 bits per heavy atom. The van der Waals surface area contributed by atoms with Crippen molar-refractivity contribution in [3.8, 4) is 0 Å². The summed E-state index contributed by atoms with van der Waals surface area (Å²) in [6.45, 7) is 0.108. The highest BCUT2D eigenvalue weighted by molar-refractivity contribution is 6.31. The number of likely N-dealkylation sites (tertiary alicyclic amines) is 1. The molecule has 0 saturated carbocycles. The molecule has 0 aliphatic carbocycles. The van der Waals surface area contributed by atoms with Crippen molar-refractivity contribution >= 4 is 46.1 Å². The van der Waals surface area contributed by atoms with E-state index >= 15 is 4.39 Å². The zero-order valence-electron chi connectivity index (χ0n) is 22.0. The largest absolute Gasteiger partial charge is 0.436 e. The number of halogens is 2. The second-order valence-electron chi connectivity index (χ2n) is 10.3. The van der Waals surface area contributed by atoms with Gasteiger partial charge in [0.05, 0.1) is 34.0 Å². The zero-order valence-corrected chi connectivity index (χ0v) is 22.8. The van der Waals surface area contributed by atoms with Crippen LogP contribution in [0, 0.1) is 5.82 Å². The van der Waals surface area contributed by atoms with Gasteiger partial charge in [0.1, 0.15) is 6.04 Å². The van der Waals surface area contributed by atoms with Gasteiger partial charge in [0, 0.05) is 43.2 Å². The molecule has 3 amide bonds. The number of fused-ring (bicyclic) bond motifs is 3. The van der Waals surface area contributed by atoms with Crippen LogP contribution < -0.4 is 16.6 Å². The summed E-state index contributed by atoms with van der Waals surface area (Å²) in [7, 11) is 0. The number of benzene rings is 2. The molecule has 3 N–H and O–H groups in total. The molecule has 2 aromatic heterocycles. The van der Waals surface area contributed by atoms with Gasteiger partial charge in [-0.05, 0) is 54.6 Å².